The summed E-state index contributed by atoms with van der Waals surface area (Å²) in [5.74, 6) is 0.835. The Hall–Kier alpha value is -1.83. The van der Waals surface area contributed by atoms with Gasteiger partial charge < -0.3 is 4.74 Å². The van der Waals surface area contributed by atoms with Crippen LogP contribution in [-0.2, 0) is 0 Å². The van der Waals surface area contributed by atoms with Crippen LogP contribution in [0.3, 0.4) is 0 Å². The zero-order valence-electron chi connectivity index (χ0n) is 7.90. The van der Waals surface area contributed by atoms with E-state index in [1.807, 2.05) is 36.4 Å². The van der Waals surface area contributed by atoms with E-state index in [2.05, 4.69) is 11.1 Å². The quantitative estimate of drug-likeness (QED) is 0.715. The van der Waals surface area contributed by atoms with Crippen molar-refractivity contribution in [1.82, 2.24) is 4.98 Å². The minimum Gasteiger partial charge on any atom is -0.497 e. The maximum absolute atomic E-state index is 5.13. The van der Waals surface area contributed by atoms with Crippen molar-refractivity contribution in [2.24, 2.45) is 0 Å². The molecule has 14 heavy (non-hydrogen) atoms. The van der Waals surface area contributed by atoms with Gasteiger partial charge in [0.25, 0.3) is 0 Å². The molecule has 0 aliphatic heterocycles. The number of benzene rings is 1. The fourth-order valence-corrected chi connectivity index (χ4v) is 1.25. The molecular weight excluding hydrogens is 174 g/mol. The molecule has 1 radical (unpaired) electrons. The fraction of sp³-hybridized carbons (Fsp3) is 0.0833. The van der Waals surface area contributed by atoms with Crippen molar-refractivity contribution in [3.63, 3.8) is 0 Å². The van der Waals surface area contributed by atoms with E-state index in [0.29, 0.717) is 0 Å². The number of rotatable bonds is 2. The second kappa shape index (κ2) is 3.92. The largest absolute Gasteiger partial charge is 0.497 e. The normalized spacial score (nSPS) is 9.79. The minimum atomic E-state index is 0.835. The lowest BCUT2D eigenvalue weighted by molar-refractivity contribution is 0.415. The molecule has 2 nitrogen and oxygen atoms in total. The molecule has 0 saturated heterocycles. The van der Waals surface area contributed by atoms with Crippen LogP contribution in [0, 0.1) is 6.07 Å². The highest BCUT2D eigenvalue weighted by Gasteiger charge is 1.99. The van der Waals surface area contributed by atoms with E-state index in [0.717, 1.165) is 17.0 Å². The van der Waals surface area contributed by atoms with Gasteiger partial charge in [-0.15, -0.1) is 0 Å². The third-order valence-corrected chi connectivity index (χ3v) is 1.95. The number of methoxy groups -OCH3 is 1. The maximum Gasteiger partial charge on any atom is 0.119 e. The fourth-order valence-electron chi connectivity index (χ4n) is 1.25. The zero-order chi connectivity index (χ0) is 9.80. The van der Waals surface area contributed by atoms with Crippen molar-refractivity contribution in [2.45, 2.75) is 0 Å². The van der Waals surface area contributed by atoms with Crippen molar-refractivity contribution >= 4 is 0 Å². The highest BCUT2D eigenvalue weighted by Crippen LogP contribution is 2.20. The van der Waals surface area contributed by atoms with E-state index in [1.54, 1.807) is 13.3 Å². The van der Waals surface area contributed by atoms with E-state index < -0.39 is 0 Å². The van der Waals surface area contributed by atoms with Gasteiger partial charge in [-0.2, -0.15) is 0 Å². The van der Waals surface area contributed by atoms with Crippen LogP contribution in [0.4, 0.5) is 0 Å². The van der Waals surface area contributed by atoms with Gasteiger partial charge in [0.1, 0.15) is 5.75 Å². The first-order valence-electron chi connectivity index (χ1n) is 4.37. The van der Waals surface area contributed by atoms with Crippen molar-refractivity contribution < 1.29 is 4.74 Å². The van der Waals surface area contributed by atoms with Crippen LogP contribution >= 0.6 is 0 Å². The molecular formula is C12H10NO. The smallest absolute Gasteiger partial charge is 0.119 e. The lowest BCUT2D eigenvalue weighted by Crippen LogP contribution is -1.85. The number of hydrogen-bond donors (Lipinski definition) is 0. The Bertz CT molecular complexity index is 412. The predicted octanol–water partition coefficient (Wildman–Crippen LogP) is 2.56. The van der Waals surface area contributed by atoms with Gasteiger partial charge in [-0.25, -0.2) is 0 Å². The third-order valence-electron chi connectivity index (χ3n) is 1.95. The Balaban J connectivity index is 2.42. The molecule has 0 bridgehead atoms. The average molecular weight is 184 g/mol. The maximum atomic E-state index is 5.13. The van der Waals surface area contributed by atoms with Crippen LogP contribution < -0.4 is 4.74 Å². The van der Waals surface area contributed by atoms with Crippen LogP contribution in [0.2, 0.25) is 0 Å². The molecule has 2 rings (SSSR count). The van der Waals surface area contributed by atoms with Gasteiger partial charge in [-0.1, -0.05) is 18.2 Å². The second-order valence-corrected chi connectivity index (χ2v) is 2.86. The van der Waals surface area contributed by atoms with E-state index in [1.165, 1.54) is 0 Å². The summed E-state index contributed by atoms with van der Waals surface area (Å²) in [6, 6.07) is 14.6. The number of nitrogens with zero attached hydrogens (tertiary/aromatic N) is 1. The van der Waals surface area contributed by atoms with Crippen LogP contribution in [0.25, 0.3) is 11.3 Å². The Labute approximate surface area is 83.2 Å². The van der Waals surface area contributed by atoms with Crippen molar-refractivity contribution in [2.75, 3.05) is 7.11 Å². The Morgan fingerprint density at radius 1 is 1.29 bits per heavy atom. The van der Waals surface area contributed by atoms with E-state index in [9.17, 15) is 0 Å². The summed E-state index contributed by atoms with van der Waals surface area (Å²) in [5, 5.41) is 0. The molecule has 0 spiro atoms. The Kier molecular flexibility index (Phi) is 2.45. The summed E-state index contributed by atoms with van der Waals surface area (Å²) in [5.41, 5.74) is 1.86. The number of pyridine rings is 1. The van der Waals surface area contributed by atoms with E-state index in [4.69, 9.17) is 4.74 Å². The molecule has 2 heteroatoms. The first-order valence-corrected chi connectivity index (χ1v) is 4.37. The molecule has 0 saturated carbocycles. The van der Waals surface area contributed by atoms with Crippen molar-refractivity contribution in [3.8, 4) is 17.0 Å². The summed E-state index contributed by atoms with van der Waals surface area (Å²) in [6.07, 6.45) is 1.76. The van der Waals surface area contributed by atoms with Gasteiger partial charge in [0, 0.05) is 17.8 Å². The molecule has 1 heterocycles. The first kappa shape index (κ1) is 8.75. The number of ether oxygens (including phenoxy) is 1. The zero-order valence-corrected chi connectivity index (χ0v) is 7.90. The minimum absolute atomic E-state index is 0.835. The van der Waals surface area contributed by atoms with Gasteiger partial charge in [0.2, 0.25) is 0 Å². The molecule has 1 aromatic heterocycles. The van der Waals surface area contributed by atoms with E-state index >= 15 is 0 Å². The monoisotopic (exact) mass is 184 g/mol. The molecule has 0 aliphatic carbocycles. The number of hydrogen-bond acceptors (Lipinski definition) is 2. The van der Waals surface area contributed by atoms with Gasteiger partial charge in [0.15, 0.2) is 0 Å². The van der Waals surface area contributed by atoms with Gasteiger partial charge in [-0.3, -0.25) is 4.98 Å². The van der Waals surface area contributed by atoms with Crippen LogP contribution in [0.5, 0.6) is 5.75 Å². The molecule has 0 amide bonds. The molecule has 0 atom stereocenters. The lowest BCUT2D eigenvalue weighted by Gasteiger charge is -2.02. The molecule has 2 aromatic rings. The molecule has 69 valence electrons. The summed E-state index contributed by atoms with van der Waals surface area (Å²) in [4.78, 5) is 4.21. The van der Waals surface area contributed by atoms with Crippen LogP contribution in [0.15, 0.2) is 42.6 Å². The van der Waals surface area contributed by atoms with E-state index in [-0.39, 0.29) is 0 Å². The Morgan fingerprint density at radius 3 is 2.93 bits per heavy atom. The summed E-state index contributed by atoms with van der Waals surface area (Å²) in [6.45, 7) is 0. The SMILES string of the molecule is COc1cccc(-c2[c]cccn2)c1. The highest BCUT2D eigenvalue weighted by atomic mass is 16.5. The van der Waals surface area contributed by atoms with Gasteiger partial charge in [0.05, 0.1) is 12.8 Å². The summed E-state index contributed by atoms with van der Waals surface area (Å²) < 4.78 is 5.13. The van der Waals surface area contributed by atoms with Gasteiger partial charge >= 0.3 is 0 Å². The first-order chi connectivity index (χ1) is 6.90. The molecule has 0 fully saturated rings. The summed E-state index contributed by atoms with van der Waals surface area (Å²) in [7, 11) is 1.65. The molecule has 0 aliphatic rings. The van der Waals surface area contributed by atoms with Crippen LogP contribution in [-0.4, -0.2) is 12.1 Å². The van der Waals surface area contributed by atoms with Crippen molar-refractivity contribution in [1.29, 1.82) is 0 Å². The molecule has 0 N–H and O–H groups in total. The predicted molar refractivity (Wildman–Crippen MR) is 55.1 cm³/mol. The Morgan fingerprint density at radius 2 is 2.21 bits per heavy atom. The number of aromatic nitrogens is 1. The third kappa shape index (κ3) is 1.74. The highest BCUT2D eigenvalue weighted by molar-refractivity contribution is 5.60. The average Bonchev–Trinajstić information content (AvgIpc) is 2.30. The van der Waals surface area contributed by atoms with Gasteiger partial charge in [-0.05, 0) is 18.2 Å². The molecule has 1 aromatic carbocycles. The molecule has 0 unspecified atom stereocenters. The van der Waals surface area contributed by atoms with Crippen LogP contribution in [0.1, 0.15) is 0 Å². The van der Waals surface area contributed by atoms with Crippen molar-refractivity contribution in [3.05, 3.63) is 48.7 Å². The topological polar surface area (TPSA) is 22.1 Å². The lowest BCUT2D eigenvalue weighted by atomic mass is 10.1. The summed E-state index contributed by atoms with van der Waals surface area (Å²) >= 11 is 0. The standard InChI is InChI=1S/C12H10NO/c1-14-11-6-4-5-10(9-11)12-7-2-3-8-13-12/h2-6,8-9H,1H3. The second-order valence-electron chi connectivity index (χ2n) is 2.86.